The summed E-state index contributed by atoms with van der Waals surface area (Å²) in [4.78, 5) is 37.2. The summed E-state index contributed by atoms with van der Waals surface area (Å²) in [5, 5.41) is 9.39. The Bertz CT molecular complexity index is 1240. The number of ether oxygens (including phenoxy) is 1. The van der Waals surface area contributed by atoms with E-state index in [9.17, 15) is 18.1 Å². The number of halogens is 3. The minimum Gasteiger partial charge on any atom is -0.420 e. The Morgan fingerprint density at radius 1 is 1.29 bits per heavy atom. The van der Waals surface area contributed by atoms with Gasteiger partial charge in [-0.25, -0.2) is 9.55 Å². The standard InChI is InChI=1S/C20H19ClF2N5O6P/c21-20(22,23)33-14-3-1-13(2-4-14)26-19(29)12-9-16(17-5-7-25-27-17)18(24-10-12)28-8-6-15(11-28)34-35(30,31)32/h1-5,7,9-10,15H,6,8,11H2,(H,25,27)(H,26,29)(H2,30,31,32). The first kappa shape index (κ1) is 25.0. The number of hydrogen-bond acceptors (Lipinski definition) is 7. The highest BCUT2D eigenvalue weighted by atomic mass is 35.5. The van der Waals surface area contributed by atoms with E-state index < -0.39 is 25.4 Å². The van der Waals surface area contributed by atoms with E-state index in [0.717, 1.165) is 0 Å². The lowest BCUT2D eigenvalue weighted by molar-refractivity contribution is -0.0964. The van der Waals surface area contributed by atoms with Gasteiger partial charge in [0.05, 0.1) is 17.4 Å². The first-order valence-electron chi connectivity index (χ1n) is 10.1. The predicted molar refractivity (Wildman–Crippen MR) is 121 cm³/mol. The van der Waals surface area contributed by atoms with Gasteiger partial charge in [-0.05, 0) is 42.8 Å². The molecule has 1 saturated heterocycles. The van der Waals surface area contributed by atoms with Crippen LogP contribution in [0.5, 0.6) is 5.75 Å². The maximum atomic E-state index is 12.8. The number of aromatic amines is 1. The summed E-state index contributed by atoms with van der Waals surface area (Å²) in [6.07, 6.45) is 2.59. The topological polar surface area (TPSA) is 150 Å². The van der Waals surface area contributed by atoms with Crippen LogP contribution in [0.1, 0.15) is 16.8 Å². The number of hydrogen-bond donors (Lipinski definition) is 4. The van der Waals surface area contributed by atoms with Crippen LogP contribution in [0.2, 0.25) is 0 Å². The quantitative estimate of drug-likeness (QED) is 0.253. The van der Waals surface area contributed by atoms with Crippen LogP contribution >= 0.6 is 19.4 Å². The van der Waals surface area contributed by atoms with Crippen LogP contribution in [-0.4, -0.2) is 55.6 Å². The second kappa shape index (κ2) is 9.88. The molecule has 3 aromatic rings. The van der Waals surface area contributed by atoms with E-state index in [1.54, 1.807) is 17.0 Å². The van der Waals surface area contributed by atoms with Crippen molar-refractivity contribution < 1.29 is 37.2 Å². The number of anilines is 2. The average Bonchev–Trinajstić information content (AvgIpc) is 3.45. The molecule has 2 aromatic heterocycles. The van der Waals surface area contributed by atoms with Crippen molar-refractivity contribution >= 4 is 36.8 Å². The third-order valence-corrected chi connectivity index (χ3v) is 5.65. The summed E-state index contributed by atoms with van der Waals surface area (Å²) in [5.41, 5.74) is -2.21. The minimum absolute atomic E-state index is 0.179. The van der Waals surface area contributed by atoms with Crippen LogP contribution in [0.15, 0.2) is 48.8 Å². The van der Waals surface area contributed by atoms with Gasteiger partial charge in [0.25, 0.3) is 5.91 Å². The summed E-state index contributed by atoms with van der Waals surface area (Å²) in [5.74, 6) is -0.210. The monoisotopic (exact) mass is 529 g/mol. The Balaban J connectivity index is 1.53. The van der Waals surface area contributed by atoms with E-state index >= 15 is 0 Å². The van der Waals surface area contributed by atoms with E-state index in [4.69, 9.17) is 25.9 Å². The second-order valence-corrected chi connectivity index (χ2v) is 9.18. The fourth-order valence-corrected chi connectivity index (χ4v) is 4.23. The van der Waals surface area contributed by atoms with Gasteiger partial charge in [0, 0.05) is 48.3 Å². The highest BCUT2D eigenvalue weighted by Crippen LogP contribution is 2.40. The molecule has 0 aliphatic carbocycles. The number of pyridine rings is 1. The van der Waals surface area contributed by atoms with Gasteiger partial charge in [0.15, 0.2) is 0 Å². The SMILES string of the molecule is O=C(Nc1ccc(OC(F)(F)Cl)cc1)c1cnc(N2CCC(OP(=O)(O)O)C2)c(-c2ccn[nH]2)c1. The Labute approximate surface area is 202 Å². The van der Waals surface area contributed by atoms with Crippen LogP contribution in [0.25, 0.3) is 11.3 Å². The molecular weight excluding hydrogens is 511 g/mol. The molecule has 3 heterocycles. The molecule has 11 nitrogen and oxygen atoms in total. The molecular formula is C20H19ClF2N5O6P. The van der Waals surface area contributed by atoms with Crippen LogP contribution < -0.4 is 15.0 Å². The number of H-pyrrole nitrogens is 1. The Morgan fingerprint density at radius 2 is 2.03 bits per heavy atom. The predicted octanol–water partition coefficient (Wildman–Crippen LogP) is 3.58. The first-order valence-corrected chi connectivity index (χ1v) is 12.0. The number of phosphoric acid groups is 1. The normalized spacial score (nSPS) is 16.4. The summed E-state index contributed by atoms with van der Waals surface area (Å²) in [7, 11) is -4.63. The van der Waals surface area contributed by atoms with Crippen molar-refractivity contribution in [1.82, 2.24) is 15.2 Å². The molecule has 186 valence electrons. The van der Waals surface area contributed by atoms with Crippen molar-refractivity contribution in [3.63, 3.8) is 0 Å². The summed E-state index contributed by atoms with van der Waals surface area (Å²) < 4.78 is 45.7. The fourth-order valence-electron chi connectivity index (χ4n) is 3.58. The number of rotatable bonds is 8. The molecule has 1 aliphatic heterocycles. The lowest BCUT2D eigenvalue weighted by Gasteiger charge is -2.21. The van der Waals surface area contributed by atoms with E-state index in [2.05, 4.69) is 25.2 Å². The number of nitrogens with one attached hydrogen (secondary N) is 2. The van der Waals surface area contributed by atoms with E-state index in [1.807, 2.05) is 0 Å². The van der Waals surface area contributed by atoms with Crippen molar-refractivity contribution in [2.45, 2.75) is 18.1 Å². The van der Waals surface area contributed by atoms with Crippen molar-refractivity contribution in [3.05, 3.63) is 54.4 Å². The number of amides is 1. The molecule has 0 radical (unpaired) electrons. The lowest BCUT2D eigenvalue weighted by atomic mass is 10.1. The molecule has 1 aliphatic rings. The van der Waals surface area contributed by atoms with Gasteiger partial charge in [-0.2, -0.15) is 5.10 Å². The third-order valence-electron chi connectivity index (χ3n) is 5.00. The zero-order valence-electron chi connectivity index (χ0n) is 17.8. The number of aromatic nitrogens is 3. The smallest absolute Gasteiger partial charge is 0.420 e. The van der Waals surface area contributed by atoms with E-state index in [1.165, 1.54) is 36.7 Å². The van der Waals surface area contributed by atoms with Gasteiger partial charge < -0.3 is 24.7 Å². The highest BCUT2D eigenvalue weighted by Gasteiger charge is 2.31. The molecule has 35 heavy (non-hydrogen) atoms. The van der Waals surface area contributed by atoms with Gasteiger partial charge >= 0.3 is 13.4 Å². The molecule has 4 N–H and O–H groups in total. The van der Waals surface area contributed by atoms with Crippen molar-refractivity contribution in [3.8, 4) is 17.0 Å². The van der Waals surface area contributed by atoms with Crippen LogP contribution in [0.3, 0.4) is 0 Å². The highest BCUT2D eigenvalue weighted by molar-refractivity contribution is 7.46. The Hall–Kier alpha value is -3.09. The first-order chi connectivity index (χ1) is 16.5. The summed E-state index contributed by atoms with van der Waals surface area (Å²) in [6.45, 7) is 0.626. The number of alkyl halides is 3. The number of nitrogens with zero attached hydrogens (tertiary/aromatic N) is 3. The Morgan fingerprint density at radius 3 is 2.66 bits per heavy atom. The number of carbonyl (C=O) groups excluding carboxylic acids is 1. The maximum Gasteiger partial charge on any atom is 0.487 e. The van der Waals surface area contributed by atoms with Gasteiger partial charge in [0.1, 0.15) is 11.6 Å². The van der Waals surface area contributed by atoms with Crippen molar-refractivity contribution in [2.75, 3.05) is 23.3 Å². The molecule has 1 amide bonds. The molecule has 15 heteroatoms. The van der Waals surface area contributed by atoms with E-state index in [-0.39, 0.29) is 17.9 Å². The molecule has 1 unspecified atom stereocenters. The largest absolute Gasteiger partial charge is 0.487 e. The van der Waals surface area contributed by atoms with Crippen LogP contribution in [0, 0.1) is 0 Å². The van der Waals surface area contributed by atoms with Crippen LogP contribution in [0.4, 0.5) is 20.3 Å². The average molecular weight is 530 g/mol. The zero-order valence-corrected chi connectivity index (χ0v) is 19.4. The fraction of sp³-hybridized carbons (Fsp3) is 0.250. The van der Waals surface area contributed by atoms with Crippen LogP contribution in [-0.2, 0) is 9.09 Å². The molecule has 1 atom stereocenters. The van der Waals surface area contributed by atoms with Gasteiger partial charge in [-0.1, -0.05) is 0 Å². The molecule has 0 saturated carbocycles. The maximum absolute atomic E-state index is 12.8. The number of phosphoric ester groups is 1. The van der Waals surface area contributed by atoms with Gasteiger partial charge in [0.2, 0.25) is 0 Å². The Kier molecular flexibility index (Phi) is 7.06. The second-order valence-electron chi connectivity index (χ2n) is 7.54. The molecule has 1 aromatic carbocycles. The minimum atomic E-state index is -4.63. The molecule has 0 spiro atoms. The zero-order chi connectivity index (χ0) is 25.2. The summed E-state index contributed by atoms with van der Waals surface area (Å²) >= 11 is 4.74. The van der Waals surface area contributed by atoms with Crippen molar-refractivity contribution in [1.29, 1.82) is 0 Å². The van der Waals surface area contributed by atoms with Crippen molar-refractivity contribution in [2.24, 2.45) is 0 Å². The molecule has 1 fully saturated rings. The molecule has 4 rings (SSSR count). The lowest BCUT2D eigenvalue weighted by Crippen LogP contribution is -2.24. The third kappa shape index (κ3) is 6.74. The van der Waals surface area contributed by atoms with Gasteiger partial charge in [-0.15, -0.1) is 8.78 Å². The number of carbonyl (C=O) groups is 1. The van der Waals surface area contributed by atoms with Gasteiger partial charge in [-0.3, -0.25) is 14.4 Å². The summed E-state index contributed by atoms with van der Waals surface area (Å²) in [6, 6.07) is 8.48. The number of benzene rings is 1. The molecule has 0 bridgehead atoms. The van der Waals surface area contributed by atoms with E-state index in [0.29, 0.717) is 35.7 Å².